The van der Waals surface area contributed by atoms with Crippen molar-refractivity contribution in [1.82, 2.24) is 5.32 Å². The summed E-state index contributed by atoms with van der Waals surface area (Å²) in [5, 5.41) is 9.28. The first-order chi connectivity index (χ1) is 15.0. The molecule has 0 aromatic heterocycles. The van der Waals surface area contributed by atoms with Gasteiger partial charge in [0.25, 0.3) is 5.91 Å². The summed E-state index contributed by atoms with van der Waals surface area (Å²) in [5.74, 6) is 2.10. The van der Waals surface area contributed by atoms with Crippen LogP contribution in [0.3, 0.4) is 0 Å². The lowest BCUT2D eigenvalue weighted by Gasteiger charge is -2.55. The first-order valence-corrected chi connectivity index (χ1v) is 11.5. The minimum Gasteiger partial charge on any atom is -0.332 e. The SMILES string of the molecule is O=C(Nc1ccc(NC(=S)NC(=O)C23CC4CC(CC(C4)C2)C3)cc1)c1ccccc1. The molecule has 160 valence electrons. The second kappa shape index (κ2) is 8.08. The van der Waals surface area contributed by atoms with Crippen LogP contribution in [0.1, 0.15) is 48.9 Å². The number of rotatable bonds is 4. The van der Waals surface area contributed by atoms with Crippen molar-refractivity contribution in [3.63, 3.8) is 0 Å². The molecule has 4 aliphatic carbocycles. The lowest BCUT2D eigenvalue weighted by atomic mass is 9.49. The van der Waals surface area contributed by atoms with Crippen LogP contribution >= 0.6 is 12.2 Å². The zero-order chi connectivity index (χ0) is 21.4. The Morgan fingerprint density at radius 1 is 0.774 bits per heavy atom. The van der Waals surface area contributed by atoms with E-state index in [0.29, 0.717) is 16.4 Å². The van der Waals surface area contributed by atoms with Crippen molar-refractivity contribution in [1.29, 1.82) is 0 Å². The zero-order valence-electron chi connectivity index (χ0n) is 17.4. The summed E-state index contributed by atoms with van der Waals surface area (Å²) in [6, 6.07) is 16.4. The molecule has 4 fully saturated rings. The quantitative estimate of drug-likeness (QED) is 0.596. The van der Waals surface area contributed by atoms with E-state index < -0.39 is 0 Å². The maximum Gasteiger partial charge on any atom is 0.255 e. The molecule has 0 atom stereocenters. The van der Waals surface area contributed by atoms with E-state index in [9.17, 15) is 9.59 Å². The standard InChI is InChI=1S/C25H27N3O2S/c29-22(19-4-2-1-3-5-19)26-20-6-8-21(9-7-20)27-24(31)28-23(30)25-13-16-10-17(14-25)12-18(11-16)15-25/h1-9,16-18H,10-15H2,(H,26,29)(H2,27,28,30,31). The van der Waals surface area contributed by atoms with E-state index in [1.165, 1.54) is 19.3 Å². The molecule has 2 amide bonds. The van der Waals surface area contributed by atoms with Crippen LogP contribution < -0.4 is 16.0 Å². The van der Waals surface area contributed by atoms with Gasteiger partial charge in [0.1, 0.15) is 0 Å². The number of nitrogens with one attached hydrogen (secondary N) is 3. The normalized spacial score (nSPS) is 28.1. The molecule has 4 bridgehead atoms. The predicted octanol–water partition coefficient (Wildman–Crippen LogP) is 4.97. The van der Waals surface area contributed by atoms with Crippen LogP contribution in [-0.4, -0.2) is 16.9 Å². The van der Waals surface area contributed by atoms with E-state index in [0.717, 1.165) is 42.7 Å². The van der Waals surface area contributed by atoms with Crippen LogP contribution in [0.4, 0.5) is 11.4 Å². The number of amides is 2. The minimum absolute atomic E-state index is 0.0934. The van der Waals surface area contributed by atoms with E-state index >= 15 is 0 Å². The molecule has 0 spiro atoms. The van der Waals surface area contributed by atoms with Gasteiger partial charge in [-0.05, 0) is 105 Å². The third-order valence-electron chi connectivity index (χ3n) is 7.18. The Labute approximate surface area is 188 Å². The van der Waals surface area contributed by atoms with Crippen LogP contribution in [0.25, 0.3) is 0 Å². The molecule has 2 aromatic carbocycles. The fourth-order valence-electron chi connectivity index (χ4n) is 6.22. The molecule has 0 saturated heterocycles. The summed E-state index contributed by atoms with van der Waals surface area (Å²) in [5.41, 5.74) is 1.86. The fraction of sp³-hybridized carbons (Fsp3) is 0.400. The number of anilines is 2. The topological polar surface area (TPSA) is 70.2 Å². The van der Waals surface area contributed by atoms with Gasteiger partial charge in [0.05, 0.1) is 5.41 Å². The fourth-order valence-corrected chi connectivity index (χ4v) is 6.43. The summed E-state index contributed by atoms with van der Waals surface area (Å²) >= 11 is 5.42. The molecule has 6 heteroatoms. The van der Waals surface area contributed by atoms with Gasteiger partial charge in [0.15, 0.2) is 5.11 Å². The van der Waals surface area contributed by atoms with Crippen molar-refractivity contribution >= 4 is 40.5 Å². The summed E-state index contributed by atoms with van der Waals surface area (Å²) in [6.07, 6.45) is 6.98. The van der Waals surface area contributed by atoms with Crippen molar-refractivity contribution in [2.24, 2.45) is 23.2 Å². The summed E-state index contributed by atoms with van der Waals surface area (Å²) < 4.78 is 0. The van der Waals surface area contributed by atoms with E-state index in [1.807, 2.05) is 42.5 Å². The molecular weight excluding hydrogens is 406 g/mol. The number of thiocarbonyl (C=S) groups is 1. The first kappa shape index (κ1) is 20.2. The average molecular weight is 434 g/mol. The van der Waals surface area contributed by atoms with Gasteiger partial charge in [0.2, 0.25) is 5.91 Å². The molecule has 0 radical (unpaired) electrons. The maximum absolute atomic E-state index is 13.1. The van der Waals surface area contributed by atoms with Gasteiger partial charge in [-0.3, -0.25) is 9.59 Å². The lowest BCUT2D eigenvalue weighted by molar-refractivity contribution is -0.144. The molecule has 4 saturated carbocycles. The molecular formula is C25H27N3O2S. The highest BCUT2D eigenvalue weighted by atomic mass is 32.1. The Morgan fingerprint density at radius 2 is 1.29 bits per heavy atom. The van der Waals surface area contributed by atoms with E-state index in [2.05, 4.69) is 16.0 Å². The highest BCUT2D eigenvalue weighted by Gasteiger charge is 2.54. The third kappa shape index (κ3) is 4.22. The Kier molecular flexibility index (Phi) is 5.26. The predicted molar refractivity (Wildman–Crippen MR) is 126 cm³/mol. The van der Waals surface area contributed by atoms with Gasteiger partial charge >= 0.3 is 0 Å². The number of benzene rings is 2. The van der Waals surface area contributed by atoms with Gasteiger partial charge in [-0.25, -0.2) is 0 Å². The molecule has 6 rings (SSSR count). The Bertz CT molecular complexity index is 968. The summed E-state index contributed by atoms with van der Waals surface area (Å²) in [7, 11) is 0. The van der Waals surface area contributed by atoms with Crippen molar-refractivity contribution in [3.8, 4) is 0 Å². The van der Waals surface area contributed by atoms with E-state index in [4.69, 9.17) is 12.2 Å². The Hall–Kier alpha value is -2.73. The van der Waals surface area contributed by atoms with Crippen molar-refractivity contribution < 1.29 is 9.59 Å². The number of carbonyl (C=O) groups is 2. The van der Waals surface area contributed by atoms with Crippen LogP contribution in [-0.2, 0) is 4.79 Å². The van der Waals surface area contributed by atoms with E-state index in [-0.39, 0.29) is 17.2 Å². The van der Waals surface area contributed by atoms with Crippen LogP contribution in [0, 0.1) is 23.2 Å². The van der Waals surface area contributed by atoms with Crippen LogP contribution in [0.5, 0.6) is 0 Å². The molecule has 31 heavy (non-hydrogen) atoms. The number of hydrogen-bond acceptors (Lipinski definition) is 3. The minimum atomic E-state index is -0.216. The Morgan fingerprint density at radius 3 is 1.84 bits per heavy atom. The van der Waals surface area contributed by atoms with Crippen molar-refractivity contribution in [2.75, 3.05) is 10.6 Å². The lowest BCUT2D eigenvalue weighted by Crippen LogP contribution is -2.55. The highest BCUT2D eigenvalue weighted by molar-refractivity contribution is 7.80. The molecule has 0 heterocycles. The monoisotopic (exact) mass is 433 g/mol. The van der Waals surface area contributed by atoms with Gasteiger partial charge < -0.3 is 16.0 Å². The largest absolute Gasteiger partial charge is 0.332 e. The maximum atomic E-state index is 13.1. The van der Waals surface area contributed by atoms with Crippen molar-refractivity contribution in [3.05, 3.63) is 60.2 Å². The van der Waals surface area contributed by atoms with Crippen LogP contribution in [0.15, 0.2) is 54.6 Å². The first-order valence-electron chi connectivity index (χ1n) is 11.1. The van der Waals surface area contributed by atoms with Gasteiger partial charge in [-0.1, -0.05) is 18.2 Å². The highest BCUT2D eigenvalue weighted by Crippen LogP contribution is 2.60. The molecule has 5 nitrogen and oxygen atoms in total. The molecule has 4 aliphatic rings. The summed E-state index contributed by atoms with van der Waals surface area (Å²) in [4.78, 5) is 25.4. The summed E-state index contributed by atoms with van der Waals surface area (Å²) in [6.45, 7) is 0. The molecule has 0 aliphatic heterocycles. The van der Waals surface area contributed by atoms with Crippen molar-refractivity contribution in [2.45, 2.75) is 38.5 Å². The molecule has 2 aromatic rings. The molecule has 0 unspecified atom stereocenters. The second-order valence-corrected chi connectivity index (χ2v) is 9.91. The third-order valence-corrected chi connectivity index (χ3v) is 7.39. The van der Waals surface area contributed by atoms with Gasteiger partial charge in [-0.15, -0.1) is 0 Å². The van der Waals surface area contributed by atoms with Gasteiger partial charge in [0, 0.05) is 16.9 Å². The second-order valence-electron chi connectivity index (χ2n) is 9.50. The molecule has 3 N–H and O–H groups in total. The average Bonchev–Trinajstić information content (AvgIpc) is 2.75. The number of carbonyl (C=O) groups excluding carboxylic acids is 2. The Balaban J connectivity index is 1.16. The van der Waals surface area contributed by atoms with Gasteiger partial charge in [-0.2, -0.15) is 0 Å². The zero-order valence-corrected chi connectivity index (χ0v) is 18.2. The van der Waals surface area contributed by atoms with Crippen LogP contribution in [0.2, 0.25) is 0 Å². The smallest absolute Gasteiger partial charge is 0.255 e. The van der Waals surface area contributed by atoms with E-state index in [1.54, 1.807) is 12.1 Å². The number of hydrogen-bond donors (Lipinski definition) is 3.